The van der Waals surface area contributed by atoms with Crippen molar-refractivity contribution < 1.29 is 8.83 Å². The van der Waals surface area contributed by atoms with Crippen molar-refractivity contribution in [3.05, 3.63) is 30.0 Å². The molecule has 1 aliphatic rings. The van der Waals surface area contributed by atoms with Crippen molar-refractivity contribution in [3.8, 4) is 0 Å². The molecule has 0 saturated carbocycles. The van der Waals surface area contributed by atoms with Gasteiger partial charge in [0.2, 0.25) is 5.89 Å². The van der Waals surface area contributed by atoms with Gasteiger partial charge in [0.15, 0.2) is 0 Å². The molecular weight excluding hydrogens is 206 g/mol. The first kappa shape index (κ1) is 9.45. The highest BCUT2D eigenvalue weighted by molar-refractivity contribution is 5.32. The van der Waals surface area contributed by atoms with Crippen molar-refractivity contribution >= 4 is 6.01 Å². The third-order valence-corrected chi connectivity index (χ3v) is 2.89. The molecule has 1 saturated heterocycles. The molecular formula is C11H13N3O2. The van der Waals surface area contributed by atoms with Crippen LogP contribution in [0.25, 0.3) is 0 Å². The molecule has 0 N–H and O–H groups in total. The molecule has 0 radical (unpaired) electrons. The Morgan fingerprint density at radius 3 is 3.06 bits per heavy atom. The Labute approximate surface area is 93.1 Å². The van der Waals surface area contributed by atoms with Crippen LogP contribution in [0.5, 0.6) is 0 Å². The Morgan fingerprint density at radius 1 is 1.44 bits per heavy atom. The number of aromatic nitrogens is 2. The van der Waals surface area contributed by atoms with Gasteiger partial charge in [0.05, 0.1) is 12.3 Å². The van der Waals surface area contributed by atoms with E-state index in [1.165, 1.54) is 0 Å². The molecule has 5 heteroatoms. The van der Waals surface area contributed by atoms with E-state index in [4.69, 9.17) is 8.83 Å². The summed E-state index contributed by atoms with van der Waals surface area (Å²) in [5.74, 6) is 1.56. The topological polar surface area (TPSA) is 55.3 Å². The largest absolute Gasteiger partial charge is 0.467 e. The first-order chi connectivity index (χ1) is 7.84. The highest BCUT2D eigenvalue weighted by Gasteiger charge is 2.31. The lowest BCUT2D eigenvalue weighted by molar-refractivity contribution is 0.442. The summed E-state index contributed by atoms with van der Waals surface area (Å²) in [5.41, 5.74) is 0. The van der Waals surface area contributed by atoms with Gasteiger partial charge in [-0.05, 0) is 25.0 Å². The van der Waals surface area contributed by atoms with Crippen molar-refractivity contribution in [1.82, 2.24) is 10.2 Å². The summed E-state index contributed by atoms with van der Waals surface area (Å²) in [6.07, 6.45) is 3.88. The van der Waals surface area contributed by atoms with Crippen LogP contribution >= 0.6 is 0 Å². The number of rotatable bonds is 2. The van der Waals surface area contributed by atoms with Gasteiger partial charge in [-0.15, -0.1) is 5.10 Å². The van der Waals surface area contributed by atoms with Crippen LogP contribution in [-0.2, 0) is 0 Å². The summed E-state index contributed by atoms with van der Waals surface area (Å²) in [5, 5.41) is 7.91. The maximum atomic E-state index is 5.46. The normalized spacial score (nSPS) is 20.6. The second-order valence-corrected chi connectivity index (χ2v) is 3.97. The van der Waals surface area contributed by atoms with E-state index in [9.17, 15) is 0 Å². The van der Waals surface area contributed by atoms with Crippen molar-refractivity contribution in [2.45, 2.75) is 25.8 Å². The molecule has 16 heavy (non-hydrogen) atoms. The maximum absolute atomic E-state index is 5.46. The summed E-state index contributed by atoms with van der Waals surface area (Å²) in [7, 11) is 0. The van der Waals surface area contributed by atoms with Crippen molar-refractivity contribution in [1.29, 1.82) is 0 Å². The van der Waals surface area contributed by atoms with E-state index in [0.29, 0.717) is 11.9 Å². The fraction of sp³-hybridized carbons (Fsp3) is 0.455. The van der Waals surface area contributed by atoms with Gasteiger partial charge in [-0.2, -0.15) is 0 Å². The van der Waals surface area contributed by atoms with Crippen LogP contribution in [0.1, 0.15) is 30.5 Å². The van der Waals surface area contributed by atoms with E-state index >= 15 is 0 Å². The van der Waals surface area contributed by atoms with Crippen molar-refractivity contribution in [2.24, 2.45) is 0 Å². The van der Waals surface area contributed by atoms with Crippen LogP contribution < -0.4 is 4.90 Å². The average Bonchev–Trinajstić information content (AvgIpc) is 2.96. The molecule has 0 unspecified atom stereocenters. The lowest BCUT2D eigenvalue weighted by Gasteiger charge is -2.20. The molecule has 0 amide bonds. The van der Waals surface area contributed by atoms with Gasteiger partial charge in [0, 0.05) is 13.5 Å². The summed E-state index contributed by atoms with van der Waals surface area (Å²) < 4.78 is 10.9. The SMILES string of the molecule is Cc1nnc(N2CCC[C@H]2c2ccco2)o1. The monoisotopic (exact) mass is 219 g/mol. The Morgan fingerprint density at radius 2 is 2.38 bits per heavy atom. The standard InChI is InChI=1S/C11H13N3O2/c1-8-12-13-11(16-8)14-6-2-4-9(14)10-5-3-7-15-10/h3,5,7,9H,2,4,6H2,1H3/t9-/m0/s1. The first-order valence-corrected chi connectivity index (χ1v) is 5.45. The van der Waals surface area contributed by atoms with Crippen molar-refractivity contribution in [2.75, 3.05) is 11.4 Å². The minimum absolute atomic E-state index is 0.231. The van der Waals surface area contributed by atoms with Crippen LogP contribution in [0.15, 0.2) is 27.2 Å². The van der Waals surface area contributed by atoms with Crippen LogP contribution in [0.2, 0.25) is 0 Å². The second-order valence-electron chi connectivity index (χ2n) is 3.97. The van der Waals surface area contributed by atoms with Gasteiger partial charge in [-0.3, -0.25) is 0 Å². The van der Waals surface area contributed by atoms with E-state index in [1.807, 2.05) is 12.1 Å². The van der Waals surface area contributed by atoms with Crippen LogP contribution in [-0.4, -0.2) is 16.7 Å². The third-order valence-electron chi connectivity index (χ3n) is 2.89. The number of hydrogen-bond acceptors (Lipinski definition) is 5. The molecule has 1 fully saturated rings. The van der Waals surface area contributed by atoms with Gasteiger partial charge in [0.25, 0.3) is 0 Å². The van der Waals surface area contributed by atoms with Crippen molar-refractivity contribution in [3.63, 3.8) is 0 Å². The molecule has 1 aliphatic heterocycles. The lowest BCUT2D eigenvalue weighted by Crippen LogP contribution is -2.22. The average molecular weight is 219 g/mol. The molecule has 84 valence electrons. The molecule has 2 aromatic heterocycles. The van der Waals surface area contributed by atoms with E-state index < -0.39 is 0 Å². The minimum atomic E-state index is 0.231. The Hall–Kier alpha value is -1.78. The summed E-state index contributed by atoms with van der Waals surface area (Å²) in [6.45, 7) is 2.74. The molecule has 2 aromatic rings. The van der Waals surface area contributed by atoms with E-state index in [-0.39, 0.29) is 6.04 Å². The smallest absolute Gasteiger partial charge is 0.318 e. The van der Waals surface area contributed by atoms with Crippen LogP contribution in [0.4, 0.5) is 6.01 Å². The number of anilines is 1. The summed E-state index contributed by atoms with van der Waals surface area (Å²) in [4.78, 5) is 2.11. The fourth-order valence-electron chi connectivity index (χ4n) is 2.17. The fourth-order valence-corrected chi connectivity index (χ4v) is 2.17. The summed E-state index contributed by atoms with van der Waals surface area (Å²) in [6, 6.07) is 4.73. The molecule has 3 heterocycles. The number of hydrogen-bond donors (Lipinski definition) is 0. The molecule has 3 rings (SSSR count). The highest BCUT2D eigenvalue weighted by atomic mass is 16.4. The molecule has 0 aliphatic carbocycles. The quantitative estimate of drug-likeness (QED) is 0.775. The minimum Gasteiger partial charge on any atom is -0.467 e. The predicted molar refractivity (Wildman–Crippen MR) is 57.1 cm³/mol. The molecule has 0 bridgehead atoms. The number of furan rings is 1. The zero-order valence-electron chi connectivity index (χ0n) is 9.09. The van der Waals surface area contributed by atoms with Gasteiger partial charge >= 0.3 is 6.01 Å². The maximum Gasteiger partial charge on any atom is 0.318 e. The second kappa shape index (κ2) is 3.66. The Bertz CT molecular complexity index is 463. The lowest BCUT2D eigenvalue weighted by atomic mass is 10.2. The van der Waals surface area contributed by atoms with Crippen LogP contribution in [0.3, 0.4) is 0 Å². The molecule has 1 atom stereocenters. The number of aryl methyl sites for hydroxylation is 1. The molecule has 0 aromatic carbocycles. The van der Waals surface area contributed by atoms with E-state index in [1.54, 1.807) is 13.2 Å². The molecule has 5 nitrogen and oxygen atoms in total. The zero-order valence-corrected chi connectivity index (χ0v) is 9.09. The Balaban J connectivity index is 1.90. The Kier molecular flexibility index (Phi) is 2.16. The molecule has 0 spiro atoms. The third kappa shape index (κ3) is 1.48. The van der Waals surface area contributed by atoms with Gasteiger partial charge in [-0.25, -0.2) is 0 Å². The summed E-state index contributed by atoms with van der Waals surface area (Å²) >= 11 is 0. The predicted octanol–water partition coefficient (Wildman–Crippen LogP) is 2.31. The first-order valence-electron chi connectivity index (χ1n) is 5.45. The van der Waals surface area contributed by atoms with E-state index in [0.717, 1.165) is 25.1 Å². The van der Waals surface area contributed by atoms with Crippen LogP contribution in [0, 0.1) is 6.92 Å². The zero-order chi connectivity index (χ0) is 11.0. The van der Waals surface area contributed by atoms with Gasteiger partial charge < -0.3 is 13.7 Å². The van der Waals surface area contributed by atoms with Gasteiger partial charge in [-0.1, -0.05) is 5.10 Å². The number of nitrogens with zero attached hydrogens (tertiary/aromatic N) is 3. The van der Waals surface area contributed by atoms with E-state index in [2.05, 4.69) is 15.1 Å². The highest BCUT2D eigenvalue weighted by Crippen LogP contribution is 2.35. The van der Waals surface area contributed by atoms with Gasteiger partial charge in [0.1, 0.15) is 5.76 Å².